The number of thiocarbonyl (C=S) groups is 1. The highest BCUT2D eigenvalue weighted by Crippen LogP contribution is 2.34. The summed E-state index contributed by atoms with van der Waals surface area (Å²) >= 11 is 5.39. The number of amides is 1. The molecule has 0 atom stereocenters. The molecule has 0 unspecified atom stereocenters. The lowest BCUT2D eigenvalue weighted by Crippen LogP contribution is -2.43. The fraction of sp³-hybridized carbons (Fsp3) is 0.300. The number of hydrogen-bond donors (Lipinski definition) is 2. The number of carbonyl (C=O) groups excluding carboxylic acids is 1. The van der Waals surface area contributed by atoms with E-state index in [4.69, 9.17) is 21.7 Å². The molecule has 2 aromatic rings. The van der Waals surface area contributed by atoms with Crippen molar-refractivity contribution in [2.75, 3.05) is 30.5 Å². The summed E-state index contributed by atoms with van der Waals surface area (Å²) < 4.78 is 24.4. The van der Waals surface area contributed by atoms with Gasteiger partial charge in [-0.15, -0.1) is 0 Å². The molecule has 2 aromatic carbocycles. The highest BCUT2D eigenvalue weighted by Gasteiger charge is 2.27. The largest absolute Gasteiger partial charge is 0.454 e. The minimum Gasteiger partial charge on any atom is -0.454 e. The Hall–Kier alpha value is -2.87. The number of nitrogens with zero attached hydrogens (tertiary/aromatic N) is 1. The van der Waals surface area contributed by atoms with E-state index >= 15 is 0 Å². The molecule has 0 radical (unpaired) electrons. The Morgan fingerprint density at radius 2 is 1.82 bits per heavy atom. The van der Waals surface area contributed by atoms with Crippen molar-refractivity contribution in [3.8, 4) is 11.5 Å². The van der Waals surface area contributed by atoms with Gasteiger partial charge in [-0.1, -0.05) is 12.1 Å². The van der Waals surface area contributed by atoms with Gasteiger partial charge in [-0.2, -0.15) is 0 Å². The molecule has 2 heterocycles. The number of nitrogens with one attached hydrogen (secondary N) is 2. The smallest absolute Gasteiger partial charge is 0.231 e. The Morgan fingerprint density at radius 1 is 1.07 bits per heavy atom. The highest BCUT2D eigenvalue weighted by atomic mass is 32.1. The average molecular weight is 401 g/mol. The molecule has 8 heteroatoms. The number of benzene rings is 2. The number of para-hydroxylation sites is 1. The topological polar surface area (TPSA) is 62.8 Å². The zero-order valence-electron chi connectivity index (χ0n) is 15.1. The minimum absolute atomic E-state index is 0.0218. The molecule has 0 spiro atoms. The minimum atomic E-state index is -0.345. The van der Waals surface area contributed by atoms with E-state index in [0.717, 1.165) is 0 Å². The van der Waals surface area contributed by atoms with Gasteiger partial charge in [0.05, 0.1) is 5.69 Å². The van der Waals surface area contributed by atoms with Crippen LogP contribution in [0.4, 0.5) is 15.8 Å². The molecule has 0 aliphatic carbocycles. The van der Waals surface area contributed by atoms with Crippen LogP contribution in [0.15, 0.2) is 42.5 Å². The molecule has 0 saturated carbocycles. The van der Waals surface area contributed by atoms with Crippen molar-refractivity contribution in [1.29, 1.82) is 0 Å². The van der Waals surface area contributed by atoms with Gasteiger partial charge in [0.15, 0.2) is 16.6 Å². The summed E-state index contributed by atoms with van der Waals surface area (Å²) in [6, 6.07) is 11.8. The van der Waals surface area contributed by atoms with Gasteiger partial charge in [-0.05, 0) is 49.3 Å². The predicted molar refractivity (Wildman–Crippen MR) is 108 cm³/mol. The number of rotatable bonds is 3. The normalized spacial score (nSPS) is 16.0. The molecule has 1 saturated heterocycles. The summed E-state index contributed by atoms with van der Waals surface area (Å²) in [7, 11) is 0. The van der Waals surface area contributed by atoms with Crippen molar-refractivity contribution in [2.24, 2.45) is 5.92 Å². The van der Waals surface area contributed by atoms with Crippen LogP contribution in [-0.4, -0.2) is 35.8 Å². The molecule has 0 aromatic heterocycles. The van der Waals surface area contributed by atoms with Crippen LogP contribution in [-0.2, 0) is 4.79 Å². The number of halogens is 1. The van der Waals surface area contributed by atoms with Gasteiger partial charge < -0.3 is 25.0 Å². The van der Waals surface area contributed by atoms with Gasteiger partial charge in [0, 0.05) is 30.8 Å². The molecule has 2 aliphatic heterocycles. The van der Waals surface area contributed by atoms with E-state index in [1.807, 2.05) is 4.90 Å². The lowest BCUT2D eigenvalue weighted by Gasteiger charge is -2.33. The summed E-state index contributed by atoms with van der Waals surface area (Å²) in [5.41, 5.74) is 1.04. The Morgan fingerprint density at radius 3 is 2.61 bits per heavy atom. The molecule has 4 rings (SSSR count). The summed E-state index contributed by atoms with van der Waals surface area (Å²) in [5.74, 6) is 0.853. The van der Waals surface area contributed by atoms with Gasteiger partial charge in [-0.25, -0.2) is 4.39 Å². The second-order valence-electron chi connectivity index (χ2n) is 6.73. The maximum absolute atomic E-state index is 13.8. The van der Waals surface area contributed by atoms with Crippen molar-refractivity contribution >= 4 is 34.6 Å². The highest BCUT2D eigenvalue weighted by molar-refractivity contribution is 7.80. The Balaban J connectivity index is 1.29. The fourth-order valence-corrected chi connectivity index (χ4v) is 3.61. The predicted octanol–water partition coefficient (Wildman–Crippen LogP) is 3.60. The van der Waals surface area contributed by atoms with Gasteiger partial charge in [0.25, 0.3) is 0 Å². The number of ether oxygens (including phenoxy) is 2. The Labute approximate surface area is 167 Å². The van der Waals surface area contributed by atoms with Crippen LogP contribution < -0.4 is 20.1 Å². The summed E-state index contributed by atoms with van der Waals surface area (Å²) in [6.07, 6.45) is 1.35. The van der Waals surface area contributed by atoms with Gasteiger partial charge in [-0.3, -0.25) is 4.79 Å². The van der Waals surface area contributed by atoms with E-state index in [-0.39, 0.29) is 24.4 Å². The standard InChI is InChI=1S/C20H20FN3O3S/c21-15-3-1-2-4-16(15)23-20(28)24-9-7-13(8-10-24)19(25)22-14-5-6-17-18(11-14)27-12-26-17/h1-6,11,13H,7-10,12H2,(H,22,25)(H,23,28). The van der Waals surface area contributed by atoms with Gasteiger partial charge in [0.2, 0.25) is 12.7 Å². The van der Waals surface area contributed by atoms with Crippen LogP contribution >= 0.6 is 12.2 Å². The maximum Gasteiger partial charge on any atom is 0.231 e. The number of anilines is 2. The van der Waals surface area contributed by atoms with Crippen molar-refractivity contribution in [3.63, 3.8) is 0 Å². The molecule has 1 fully saturated rings. The van der Waals surface area contributed by atoms with Crippen molar-refractivity contribution in [2.45, 2.75) is 12.8 Å². The van der Waals surface area contributed by atoms with Crippen LogP contribution in [0.1, 0.15) is 12.8 Å². The Bertz CT molecular complexity index is 900. The van der Waals surface area contributed by atoms with Crippen molar-refractivity contribution in [3.05, 3.63) is 48.3 Å². The molecular formula is C20H20FN3O3S. The third-order valence-corrected chi connectivity index (χ3v) is 5.27. The van der Waals surface area contributed by atoms with E-state index < -0.39 is 0 Å². The van der Waals surface area contributed by atoms with Gasteiger partial charge >= 0.3 is 0 Å². The number of fused-ring (bicyclic) bond motifs is 1. The number of likely N-dealkylation sites (tertiary alicyclic amines) is 1. The average Bonchev–Trinajstić information content (AvgIpc) is 3.17. The first kappa shape index (κ1) is 18.5. The molecule has 146 valence electrons. The maximum atomic E-state index is 13.8. The Kier molecular flexibility index (Phi) is 5.29. The van der Waals surface area contributed by atoms with E-state index in [1.54, 1.807) is 36.4 Å². The first-order chi connectivity index (χ1) is 13.6. The first-order valence-corrected chi connectivity index (χ1v) is 9.52. The van der Waals surface area contributed by atoms with Gasteiger partial charge in [0.1, 0.15) is 5.82 Å². The lowest BCUT2D eigenvalue weighted by atomic mass is 9.96. The summed E-state index contributed by atoms with van der Waals surface area (Å²) in [4.78, 5) is 14.5. The first-order valence-electron chi connectivity index (χ1n) is 9.11. The summed E-state index contributed by atoms with van der Waals surface area (Å²) in [6.45, 7) is 1.48. The monoisotopic (exact) mass is 401 g/mol. The van der Waals surface area contributed by atoms with Crippen LogP contribution in [0.3, 0.4) is 0 Å². The SMILES string of the molecule is O=C(Nc1ccc2c(c1)OCO2)C1CCN(C(=S)Nc2ccccc2F)CC1. The van der Waals surface area contributed by atoms with Crippen LogP contribution in [0.5, 0.6) is 11.5 Å². The van der Waals surface area contributed by atoms with E-state index in [1.165, 1.54) is 6.07 Å². The molecule has 6 nitrogen and oxygen atoms in total. The van der Waals surface area contributed by atoms with Crippen LogP contribution in [0.2, 0.25) is 0 Å². The van der Waals surface area contributed by atoms with E-state index in [2.05, 4.69) is 10.6 Å². The van der Waals surface area contributed by atoms with Crippen LogP contribution in [0.25, 0.3) is 0 Å². The molecule has 28 heavy (non-hydrogen) atoms. The zero-order chi connectivity index (χ0) is 19.5. The third kappa shape index (κ3) is 4.01. The molecule has 2 N–H and O–H groups in total. The van der Waals surface area contributed by atoms with Crippen molar-refractivity contribution in [1.82, 2.24) is 4.90 Å². The second kappa shape index (κ2) is 8.02. The quantitative estimate of drug-likeness (QED) is 0.767. The fourth-order valence-electron chi connectivity index (χ4n) is 3.32. The second-order valence-corrected chi connectivity index (χ2v) is 7.12. The third-order valence-electron chi connectivity index (χ3n) is 4.91. The van der Waals surface area contributed by atoms with Crippen LogP contribution in [0, 0.1) is 11.7 Å². The van der Waals surface area contributed by atoms with Crippen molar-refractivity contribution < 1.29 is 18.7 Å². The van der Waals surface area contributed by atoms with E-state index in [9.17, 15) is 9.18 Å². The number of piperidine rings is 1. The molecule has 0 bridgehead atoms. The lowest BCUT2D eigenvalue weighted by molar-refractivity contribution is -0.120. The summed E-state index contributed by atoms with van der Waals surface area (Å²) in [5, 5.41) is 6.36. The molecule has 2 aliphatic rings. The molecular weight excluding hydrogens is 381 g/mol. The molecule has 1 amide bonds. The number of carbonyl (C=O) groups is 1. The van der Waals surface area contributed by atoms with E-state index in [0.29, 0.717) is 53.9 Å². The zero-order valence-corrected chi connectivity index (χ0v) is 15.9. The number of hydrogen-bond acceptors (Lipinski definition) is 4.